The van der Waals surface area contributed by atoms with E-state index < -0.39 is 8.32 Å². The van der Waals surface area contributed by atoms with Gasteiger partial charge in [-0.05, 0) is 25.1 Å². The third-order valence-corrected chi connectivity index (χ3v) is 10.4. The van der Waals surface area contributed by atoms with Gasteiger partial charge in [-0.2, -0.15) is 0 Å². The van der Waals surface area contributed by atoms with Gasteiger partial charge in [-0.3, -0.25) is 4.79 Å². The molecule has 1 aliphatic rings. The molecule has 1 saturated heterocycles. The fourth-order valence-corrected chi connectivity index (χ4v) is 3.77. The number of benzene rings is 1. The average molecular weight is 459 g/mol. The lowest BCUT2D eigenvalue weighted by atomic mass is 10.1. The van der Waals surface area contributed by atoms with Crippen LogP contribution in [0.4, 0.5) is 10.3 Å². The van der Waals surface area contributed by atoms with Crippen LogP contribution in [-0.2, 0) is 20.7 Å². The van der Waals surface area contributed by atoms with E-state index in [-0.39, 0.29) is 29.9 Å². The van der Waals surface area contributed by atoms with E-state index in [0.29, 0.717) is 35.7 Å². The summed E-state index contributed by atoms with van der Waals surface area (Å²) in [6.07, 6.45) is 3.25. The second-order valence-electron chi connectivity index (χ2n) is 9.59. The highest BCUT2D eigenvalue weighted by atomic mass is 28.4. The minimum Gasteiger partial charge on any atom is -0.412 e. The molecule has 0 bridgehead atoms. The molecule has 0 atom stereocenters. The zero-order chi connectivity index (χ0) is 23.5. The lowest BCUT2D eigenvalue weighted by molar-refractivity contribution is -0.121. The van der Waals surface area contributed by atoms with Gasteiger partial charge >= 0.3 is 0 Å². The molecule has 0 amide bonds. The molecular formula is C23H31FN4O3Si. The molecule has 0 spiro atoms. The van der Waals surface area contributed by atoms with Crippen LogP contribution in [0.2, 0.25) is 18.1 Å². The molecule has 0 unspecified atom stereocenters. The second-order valence-corrected chi connectivity index (χ2v) is 14.4. The summed E-state index contributed by atoms with van der Waals surface area (Å²) in [5, 5.41) is 3.98. The molecule has 0 aliphatic carbocycles. The summed E-state index contributed by atoms with van der Waals surface area (Å²) in [6, 6.07) is 5.32. The predicted octanol–water partition coefficient (Wildman–Crippen LogP) is 4.59. The third kappa shape index (κ3) is 5.58. The number of carbonyl (C=O) groups excluding carboxylic acids is 1. The first kappa shape index (κ1) is 24.0. The van der Waals surface area contributed by atoms with Gasteiger partial charge in [0.2, 0.25) is 5.95 Å². The number of oxime groups is 1. The number of hydrogen-bond donors (Lipinski definition) is 0. The van der Waals surface area contributed by atoms with E-state index >= 15 is 4.39 Å². The maximum Gasteiger partial charge on any atom is 0.225 e. The molecule has 1 aliphatic heterocycles. The van der Waals surface area contributed by atoms with Gasteiger partial charge in [0.15, 0.2) is 20.7 Å². The van der Waals surface area contributed by atoms with E-state index in [1.165, 1.54) is 6.92 Å². The van der Waals surface area contributed by atoms with Crippen LogP contribution < -0.4 is 4.90 Å². The van der Waals surface area contributed by atoms with E-state index in [2.05, 4.69) is 49.0 Å². The monoisotopic (exact) mass is 458 g/mol. The Bertz CT molecular complexity index is 995. The van der Waals surface area contributed by atoms with E-state index in [1.54, 1.807) is 24.5 Å². The van der Waals surface area contributed by atoms with Gasteiger partial charge < -0.3 is 14.2 Å². The van der Waals surface area contributed by atoms with Crippen molar-refractivity contribution in [3.05, 3.63) is 42.0 Å². The van der Waals surface area contributed by atoms with E-state index in [1.807, 2.05) is 11.0 Å². The first-order valence-corrected chi connectivity index (χ1v) is 13.5. The Hall–Kier alpha value is -2.65. The van der Waals surface area contributed by atoms with Crippen molar-refractivity contribution < 1.29 is 18.4 Å². The van der Waals surface area contributed by atoms with Crippen LogP contribution in [0.5, 0.6) is 0 Å². The van der Waals surface area contributed by atoms with Gasteiger partial charge in [0, 0.05) is 29.1 Å². The molecule has 0 radical (unpaired) electrons. The van der Waals surface area contributed by atoms with Crippen LogP contribution in [0.15, 0.2) is 35.7 Å². The van der Waals surface area contributed by atoms with Crippen molar-refractivity contribution in [2.24, 2.45) is 5.16 Å². The average Bonchev–Trinajstić information content (AvgIpc) is 2.68. The highest BCUT2D eigenvalue weighted by Gasteiger charge is 2.37. The van der Waals surface area contributed by atoms with Gasteiger partial charge in [0.05, 0.1) is 25.4 Å². The number of nitrogens with zero attached hydrogens (tertiary/aromatic N) is 4. The van der Waals surface area contributed by atoms with Crippen LogP contribution in [0, 0.1) is 5.82 Å². The lowest BCUT2D eigenvalue weighted by Gasteiger charge is -2.36. The zero-order valence-corrected chi connectivity index (χ0v) is 20.6. The smallest absolute Gasteiger partial charge is 0.225 e. The summed E-state index contributed by atoms with van der Waals surface area (Å²) in [6.45, 7) is 13.5. The van der Waals surface area contributed by atoms with Crippen molar-refractivity contribution in [1.29, 1.82) is 0 Å². The van der Waals surface area contributed by atoms with Crippen molar-refractivity contribution in [3.63, 3.8) is 0 Å². The number of aromatic nitrogens is 2. The Labute approximate surface area is 189 Å². The highest BCUT2D eigenvalue weighted by molar-refractivity contribution is 6.74. The Morgan fingerprint density at radius 2 is 1.88 bits per heavy atom. The van der Waals surface area contributed by atoms with Crippen LogP contribution >= 0.6 is 0 Å². The number of Topliss-reactive ketones (excluding diaryl/α,β-unsaturated/α-hetero) is 1. The highest BCUT2D eigenvalue weighted by Crippen LogP contribution is 2.37. The van der Waals surface area contributed by atoms with Crippen LogP contribution in [0.3, 0.4) is 0 Å². The minimum atomic E-state index is -1.98. The van der Waals surface area contributed by atoms with Gasteiger partial charge in [-0.15, -0.1) is 0 Å². The topological polar surface area (TPSA) is 76.9 Å². The fourth-order valence-electron chi connectivity index (χ4n) is 2.82. The molecule has 9 heteroatoms. The first-order chi connectivity index (χ1) is 15.0. The first-order valence-electron chi connectivity index (χ1n) is 10.6. The molecule has 0 saturated carbocycles. The zero-order valence-electron chi connectivity index (χ0n) is 19.6. The number of rotatable bonds is 8. The Morgan fingerprint density at radius 3 is 2.47 bits per heavy atom. The number of halogens is 1. The predicted molar refractivity (Wildman–Crippen MR) is 126 cm³/mol. The molecule has 2 heterocycles. The van der Waals surface area contributed by atoms with Crippen molar-refractivity contribution in [3.8, 4) is 11.1 Å². The fraction of sp³-hybridized carbons (Fsp3) is 0.478. The molecule has 7 nitrogen and oxygen atoms in total. The van der Waals surface area contributed by atoms with Gasteiger partial charge in [-0.25, -0.2) is 14.4 Å². The number of carbonyl (C=O) groups is 1. The number of hydrogen-bond acceptors (Lipinski definition) is 7. The van der Waals surface area contributed by atoms with Crippen LogP contribution in [0.25, 0.3) is 11.1 Å². The Morgan fingerprint density at radius 1 is 1.22 bits per heavy atom. The molecule has 32 heavy (non-hydrogen) atoms. The van der Waals surface area contributed by atoms with Crippen molar-refractivity contribution in [1.82, 2.24) is 9.97 Å². The lowest BCUT2D eigenvalue weighted by Crippen LogP contribution is -2.48. The second kappa shape index (κ2) is 9.46. The van der Waals surface area contributed by atoms with Crippen molar-refractivity contribution in [2.75, 3.05) is 24.6 Å². The summed E-state index contributed by atoms with van der Waals surface area (Å²) < 4.78 is 21.4. The van der Waals surface area contributed by atoms with Crippen molar-refractivity contribution in [2.45, 2.75) is 52.4 Å². The summed E-state index contributed by atoms with van der Waals surface area (Å²) in [7, 11) is -1.98. The Kier molecular flexibility index (Phi) is 7.09. The quantitative estimate of drug-likeness (QED) is 0.425. The molecule has 1 aromatic heterocycles. The summed E-state index contributed by atoms with van der Waals surface area (Å²) >= 11 is 0. The standard InChI is InChI=1S/C23H31FN4O3Si/c1-16(29)14-30-27-19-12-28(13-19)22-25-10-18(11-26-22)20-9-7-8-17(21(20)24)15-31-32(5,6)23(2,3)4/h7-11H,12-15H2,1-6H3. The van der Waals surface area contributed by atoms with Gasteiger partial charge in [-0.1, -0.05) is 44.1 Å². The van der Waals surface area contributed by atoms with E-state index in [9.17, 15) is 4.79 Å². The Balaban J connectivity index is 1.65. The van der Waals surface area contributed by atoms with Gasteiger partial charge in [0.1, 0.15) is 5.82 Å². The summed E-state index contributed by atoms with van der Waals surface area (Å²) in [5.41, 5.74) is 2.42. The summed E-state index contributed by atoms with van der Waals surface area (Å²) in [5.74, 6) is 0.160. The molecule has 3 rings (SSSR count). The maximum atomic E-state index is 15.2. The molecule has 2 aromatic rings. The van der Waals surface area contributed by atoms with Gasteiger partial charge in [0.25, 0.3) is 0 Å². The molecule has 172 valence electrons. The largest absolute Gasteiger partial charge is 0.412 e. The summed E-state index contributed by atoms with van der Waals surface area (Å²) in [4.78, 5) is 26.5. The normalized spacial score (nSPS) is 14.2. The molecule has 1 fully saturated rings. The number of ketones is 1. The van der Waals surface area contributed by atoms with Crippen LogP contribution in [-0.4, -0.2) is 49.5 Å². The van der Waals surface area contributed by atoms with E-state index in [0.717, 1.165) is 5.71 Å². The molecule has 1 aromatic carbocycles. The molecular weight excluding hydrogens is 427 g/mol. The number of anilines is 1. The SMILES string of the molecule is CC(=O)CON=C1CN(c2ncc(-c3cccc(CO[Si](C)(C)C(C)(C)C)c3F)cn2)C1. The van der Waals surface area contributed by atoms with Crippen LogP contribution in [0.1, 0.15) is 33.3 Å². The maximum absolute atomic E-state index is 15.2. The molecule has 0 N–H and O–H groups in total. The minimum absolute atomic E-state index is 0.0275. The van der Waals surface area contributed by atoms with Crippen molar-refractivity contribution >= 4 is 25.8 Å². The third-order valence-electron chi connectivity index (χ3n) is 5.91. The van der Waals surface area contributed by atoms with E-state index in [4.69, 9.17) is 9.26 Å².